The van der Waals surface area contributed by atoms with Crippen LogP contribution in [0.2, 0.25) is 0 Å². The molecule has 0 aliphatic carbocycles. The summed E-state index contributed by atoms with van der Waals surface area (Å²) < 4.78 is 5.04. The van der Waals surface area contributed by atoms with E-state index < -0.39 is 6.04 Å². The lowest BCUT2D eigenvalue weighted by Gasteiger charge is -2.17. The number of benzene rings is 1. The van der Waals surface area contributed by atoms with Gasteiger partial charge in [0.05, 0.1) is 0 Å². The highest BCUT2D eigenvalue weighted by Crippen LogP contribution is 2.15. The molecule has 1 heterocycles. The van der Waals surface area contributed by atoms with Crippen molar-refractivity contribution in [2.75, 3.05) is 19.8 Å². The average molecular weight is 290 g/mol. The molecule has 1 aromatic rings. The number of nitrogens with zero attached hydrogens (tertiary/aromatic N) is 1. The molecule has 1 saturated heterocycles. The second-order valence-corrected chi connectivity index (χ2v) is 5.29. The molecular formula is C16H22N2O3. The Kier molecular flexibility index (Phi) is 5.33. The summed E-state index contributed by atoms with van der Waals surface area (Å²) in [5.74, 6) is -0.243. The largest absolute Gasteiger partial charge is 0.372 e. The van der Waals surface area contributed by atoms with Crippen LogP contribution in [0.5, 0.6) is 0 Å². The van der Waals surface area contributed by atoms with Crippen LogP contribution in [0.4, 0.5) is 0 Å². The van der Waals surface area contributed by atoms with Crippen molar-refractivity contribution in [1.29, 1.82) is 0 Å². The van der Waals surface area contributed by atoms with Crippen molar-refractivity contribution in [3.63, 3.8) is 0 Å². The molecule has 0 aromatic heterocycles. The Labute approximate surface area is 125 Å². The molecule has 1 unspecified atom stereocenters. The summed E-state index contributed by atoms with van der Waals surface area (Å²) in [7, 11) is 0. The molecule has 1 aliphatic heterocycles. The van der Waals surface area contributed by atoms with Gasteiger partial charge in [-0.25, -0.2) is 0 Å². The summed E-state index contributed by atoms with van der Waals surface area (Å²) in [6.45, 7) is 5.64. The van der Waals surface area contributed by atoms with Crippen molar-refractivity contribution in [2.45, 2.75) is 32.9 Å². The van der Waals surface area contributed by atoms with Gasteiger partial charge in [0.1, 0.15) is 12.6 Å². The predicted octanol–water partition coefficient (Wildman–Crippen LogP) is 1.25. The van der Waals surface area contributed by atoms with Crippen LogP contribution in [0, 0.1) is 6.92 Å². The number of likely N-dealkylation sites (tertiary alicyclic amines) is 1. The molecule has 1 aliphatic rings. The van der Waals surface area contributed by atoms with Crippen molar-refractivity contribution in [3.05, 3.63) is 35.4 Å². The Morgan fingerprint density at radius 1 is 1.38 bits per heavy atom. The topological polar surface area (TPSA) is 58.6 Å². The number of hydrogen-bond acceptors (Lipinski definition) is 3. The number of carbonyl (C=O) groups is 2. The minimum Gasteiger partial charge on any atom is -0.372 e. The van der Waals surface area contributed by atoms with Gasteiger partial charge in [0.15, 0.2) is 0 Å². The van der Waals surface area contributed by atoms with Gasteiger partial charge in [0.25, 0.3) is 0 Å². The van der Waals surface area contributed by atoms with Crippen molar-refractivity contribution >= 4 is 11.8 Å². The smallest absolute Gasteiger partial charge is 0.246 e. The number of aryl methyl sites for hydroxylation is 1. The van der Waals surface area contributed by atoms with Crippen molar-refractivity contribution < 1.29 is 14.3 Å². The van der Waals surface area contributed by atoms with Crippen LogP contribution >= 0.6 is 0 Å². The van der Waals surface area contributed by atoms with Crippen LogP contribution in [0.3, 0.4) is 0 Å². The van der Waals surface area contributed by atoms with Gasteiger partial charge in [0, 0.05) is 19.7 Å². The second kappa shape index (κ2) is 7.22. The first-order valence-corrected chi connectivity index (χ1v) is 7.31. The van der Waals surface area contributed by atoms with E-state index in [0.717, 1.165) is 5.56 Å². The van der Waals surface area contributed by atoms with Gasteiger partial charge >= 0.3 is 0 Å². The summed E-state index contributed by atoms with van der Waals surface area (Å²) in [4.78, 5) is 25.6. The molecule has 1 atom stereocenters. The zero-order valence-electron chi connectivity index (χ0n) is 12.6. The zero-order chi connectivity index (χ0) is 15.2. The summed E-state index contributed by atoms with van der Waals surface area (Å²) in [5, 5.41) is 2.73. The van der Waals surface area contributed by atoms with E-state index in [-0.39, 0.29) is 18.4 Å². The first-order valence-electron chi connectivity index (χ1n) is 7.31. The molecule has 0 saturated carbocycles. The maximum absolute atomic E-state index is 12.3. The Balaban J connectivity index is 1.86. The Hall–Kier alpha value is -1.88. The summed E-state index contributed by atoms with van der Waals surface area (Å²) in [6.07, 6.45) is 0.655. The molecule has 0 bridgehead atoms. The van der Waals surface area contributed by atoms with Crippen LogP contribution in [0.25, 0.3) is 0 Å². The van der Waals surface area contributed by atoms with Gasteiger partial charge < -0.3 is 15.0 Å². The highest BCUT2D eigenvalue weighted by molar-refractivity contribution is 5.89. The predicted molar refractivity (Wildman–Crippen MR) is 79.6 cm³/mol. The first-order chi connectivity index (χ1) is 10.1. The fourth-order valence-electron chi connectivity index (χ4n) is 2.37. The maximum atomic E-state index is 12.3. The van der Waals surface area contributed by atoms with Crippen LogP contribution in [-0.2, 0) is 20.9 Å². The SMILES string of the molecule is CCOCC(=O)NC1CCN(Cc2ccc(C)cc2)C1=O. The summed E-state index contributed by atoms with van der Waals surface area (Å²) >= 11 is 0. The summed E-state index contributed by atoms with van der Waals surface area (Å²) in [5.41, 5.74) is 2.31. The molecule has 2 rings (SSSR count). The lowest BCUT2D eigenvalue weighted by Crippen LogP contribution is -2.42. The van der Waals surface area contributed by atoms with Gasteiger partial charge in [-0.15, -0.1) is 0 Å². The number of carbonyl (C=O) groups excluding carboxylic acids is 2. The van der Waals surface area contributed by atoms with E-state index in [4.69, 9.17) is 4.74 Å². The molecule has 5 heteroatoms. The Morgan fingerprint density at radius 2 is 2.10 bits per heavy atom. The minimum absolute atomic E-state index is 0.0121. The highest BCUT2D eigenvalue weighted by Gasteiger charge is 2.32. The van der Waals surface area contributed by atoms with Crippen LogP contribution in [0.1, 0.15) is 24.5 Å². The van der Waals surface area contributed by atoms with E-state index >= 15 is 0 Å². The third kappa shape index (κ3) is 4.29. The van der Waals surface area contributed by atoms with E-state index in [9.17, 15) is 9.59 Å². The lowest BCUT2D eigenvalue weighted by atomic mass is 10.1. The van der Waals surface area contributed by atoms with E-state index in [1.54, 1.807) is 4.90 Å². The normalized spacial score (nSPS) is 18.1. The van der Waals surface area contributed by atoms with Gasteiger partial charge in [-0.2, -0.15) is 0 Å². The Morgan fingerprint density at radius 3 is 2.76 bits per heavy atom. The van der Waals surface area contributed by atoms with Crippen LogP contribution < -0.4 is 5.32 Å². The van der Waals surface area contributed by atoms with E-state index in [1.165, 1.54) is 5.56 Å². The molecule has 2 amide bonds. The molecule has 1 aromatic carbocycles. The Bertz CT molecular complexity index is 499. The van der Waals surface area contributed by atoms with Gasteiger partial charge in [0.2, 0.25) is 11.8 Å². The molecule has 114 valence electrons. The monoisotopic (exact) mass is 290 g/mol. The van der Waals surface area contributed by atoms with Crippen LogP contribution in [-0.4, -0.2) is 42.5 Å². The average Bonchev–Trinajstić information content (AvgIpc) is 2.80. The second-order valence-electron chi connectivity index (χ2n) is 5.29. The molecule has 5 nitrogen and oxygen atoms in total. The van der Waals surface area contributed by atoms with Crippen molar-refractivity contribution in [3.8, 4) is 0 Å². The van der Waals surface area contributed by atoms with Gasteiger partial charge in [-0.3, -0.25) is 9.59 Å². The maximum Gasteiger partial charge on any atom is 0.246 e. The molecule has 1 fully saturated rings. The number of rotatable bonds is 6. The van der Waals surface area contributed by atoms with Crippen LogP contribution in [0.15, 0.2) is 24.3 Å². The van der Waals surface area contributed by atoms with E-state index in [0.29, 0.717) is 26.1 Å². The quantitative estimate of drug-likeness (QED) is 0.858. The van der Waals surface area contributed by atoms with E-state index in [2.05, 4.69) is 5.32 Å². The molecule has 1 N–H and O–H groups in total. The molecule has 0 spiro atoms. The number of ether oxygens (including phenoxy) is 1. The minimum atomic E-state index is -0.414. The molecule has 0 radical (unpaired) electrons. The molecule has 21 heavy (non-hydrogen) atoms. The summed E-state index contributed by atoms with van der Waals surface area (Å²) in [6, 6.07) is 7.73. The molecular weight excluding hydrogens is 268 g/mol. The fraction of sp³-hybridized carbons (Fsp3) is 0.500. The fourth-order valence-corrected chi connectivity index (χ4v) is 2.37. The third-order valence-electron chi connectivity index (χ3n) is 3.56. The van der Waals surface area contributed by atoms with Crippen molar-refractivity contribution in [2.24, 2.45) is 0 Å². The highest BCUT2D eigenvalue weighted by atomic mass is 16.5. The number of hydrogen-bond donors (Lipinski definition) is 1. The standard InChI is InChI=1S/C16H22N2O3/c1-3-21-11-15(19)17-14-8-9-18(16(14)20)10-13-6-4-12(2)5-7-13/h4-7,14H,3,8-11H2,1-2H3,(H,17,19). The number of amides is 2. The zero-order valence-corrected chi connectivity index (χ0v) is 12.6. The van der Waals surface area contributed by atoms with Crippen molar-refractivity contribution in [1.82, 2.24) is 10.2 Å². The third-order valence-corrected chi connectivity index (χ3v) is 3.56. The first kappa shape index (κ1) is 15.5. The van der Waals surface area contributed by atoms with E-state index in [1.807, 2.05) is 38.1 Å². The number of nitrogens with one attached hydrogen (secondary N) is 1. The van der Waals surface area contributed by atoms with Gasteiger partial charge in [-0.05, 0) is 25.8 Å². The van der Waals surface area contributed by atoms with Gasteiger partial charge in [-0.1, -0.05) is 29.8 Å². The lowest BCUT2D eigenvalue weighted by molar-refractivity contribution is -0.134.